The molecule has 0 radical (unpaired) electrons. The van der Waals surface area contributed by atoms with Crippen LogP contribution in [0.1, 0.15) is 100 Å². The Bertz CT molecular complexity index is 1900. The molecule has 2 aromatic heterocycles. The predicted molar refractivity (Wildman–Crippen MR) is 191 cm³/mol. The molecule has 4 heterocycles. The Kier molecular flexibility index (Phi) is 7.96. The number of fused-ring (bicyclic) bond motifs is 6. The van der Waals surface area contributed by atoms with Gasteiger partial charge in [-0.15, -0.1) is 0 Å². The summed E-state index contributed by atoms with van der Waals surface area (Å²) in [4.78, 5) is 0. The highest BCUT2D eigenvalue weighted by atomic mass is 15.1. The van der Waals surface area contributed by atoms with Gasteiger partial charge in [0.1, 0.15) is 0 Å². The van der Waals surface area contributed by atoms with Gasteiger partial charge in [-0.05, 0) is 85.2 Å². The average molecular weight is 607 g/mol. The van der Waals surface area contributed by atoms with Gasteiger partial charge in [0, 0.05) is 56.0 Å². The van der Waals surface area contributed by atoms with Crippen LogP contribution in [0.3, 0.4) is 0 Å². The first kappa shape index (κ1) is 30.6. The monoisotopic (exact) mass is 606 g/mol. The van der Waals surface area contributed by atoms with Crippen molar-refractivity contribution in [3.63, 3.8) is 0 Å². The lowest BCUT2D eigenvalue weighted by Crippen LogP contribution is -2.70. The summed E-state index contributed by atoms with van der Waals surface area (Å²) in [7, 11) is 0. The molecule has 46 heavy (non-hydrogen) atoms. The molecule has 3 aromatic carbocycles. The summed E-state index contributed by atoms with van der Waals surface area (Å²) in [6.45, 7) is 14.3. The van der Waals surface area contributed by atoms with Crippen molar-refractivity contribution in [3.8, 4) is 33.6 Å². The Hall–Kier alpha value is -4.04. The largest absolute Gasteiger partial charge is 0.213 e. The minimum Gasteiger partial charge on any atom is -0.191 e. The molecule has 0 N–H and O–H groups in total. The summed E-state index contributed by atoms with van der Waals surface area (Å²) < 4.78 is 5.35. The van der Waals surface area contributed by atoms with E-state index in [1.807, 2.05) is 0 Å². The highest BCUT2D eigenvalue weighted by molar-refractivity contribution is 5.73. The van der Waals surface area contributed by atoms with Crippen molar-refractivity contribution in [1.82, 2.24) is 0 Å². The van der Waals surface area contributed by atoms with Crippen molar-refractivity contribution < 1.29 is 9.13 Å². The second-order valence-corrected chi connectivity index (χ2v) is 14.2. The number of unbranched alkanes of at least 4 members (excludes halogenated alkanes) is 1. The van der Waals surface area contributed by atoms with Gasteiger partial charge >= 0.3 is 0 Å². The molecule has 2 aliphatic rings. The Labute approximate surface area is 276 Å². The number of hydrogen-bond acceptors (Lipinski definition) is 0. The molecule has 3 unspecified atom stereocenters. The normalized spacial score (nSPS) is 21.0. The van der Waals surface area contributed by atoms with Crippen LogP contribution in [0.15, 0.2) is 103 Å². The fraction of sp³-hybridized carbons (Fsp3) is 0.364. The first-order valence-electron chi connectivity index (χ1n) is 17.7. The van der Waals surface area contributed by atoms with E-state index in [1.165, 1.54) is 74.4 Å². The maximum Gasteiger partial charge on any atom is 0.213 e. The summed E-state index contributed by atoms with van der Waals surface area (Å²) in [5, 5.41) is 0. The molecule has 0 fully saturated rings. The Morgan fingerprint density at radius 2 is 1.54 bits per heavy atom. The Morgan fingerprint density at radius 1 is 0.717 bits per heavy atom. The lowest BCUT2D eigenvalue weighted by Gasteiger charge is -2.49. The zero-order chi connectivity index (χ0) is 32.1. The van der Waals surface area contributed by atoms with Gasteiger partial charge in [0.05, 0.1) is 16.5 Å². The fourth-order valence-electron chi connectivity index (χ4n) is 9.15. The van der Waals surface area contributed by atoms with Crippen LogP contribution in [0.4, 0.5) is 0 Å². The van der Waals surface area contributed by atoms with Crippen LogP contribution < -0.4 is 9.13 Å². The first-order valence-corrected chi connectivity index (χ1v) is 17.7. The van der Waals surface area contributed by atoms with Crippen molar-refractivity contribution in [1.29, 1.82) is 0 Å². The molecule has 2 aliphatic heterocycles. The minimum absolute atomic E-state index is 0.00174. The van der Waals surface area contributed by atoms with Gasteiger partial charge in [0.2, 0.25) is 11.4 Å². The van der Waals surface area contributed by atoms with E-state index in [4.69, 9.17) is 0 Å². The van der Waals surface area contributed by atoms with Gasteiger partial charge in [-0.25, -0.2) is 0 Å². The smallest absolute Gasteiger partial charge is 0.191 e. The van der Waals surface area contributed by atoms with Gasteiger partial charge in [0.15, 0.2) is 23.5 Å². The second kappa shape index (κ2) is 12.0. The average Bonchev–Trinajstić information content (AvgIpc) is 3.39. The highest BCUT2D eigenvalue weighted by Gasteiger charge is 2.60. The molecule has 0 spiro atoms. The summed E-state index contributed by atoms with van der Waals surface area (Å²) in [5.41, 5.74) is 15.2. The lowest BCUT2D eigenvalue weighted by molar-refractivity contribution is -0.777. The molecule has 0 bridgehead atoms. The van der Waals surface area contributed by atoms with Crippen molar-refractivity contribution >= 4 is 0 Å². The van der Waals surface area contributed by atoms with Gasteiger partial charge in [0.25, 0.3) is 0 Å². The van der Waals surface area contributed by atoms with E-state index < -0.39 is 0 Å². The van der Waals surface area contributed by atoms with Gasteiger partial charge in [-0.3, -0.25) is 0 Å². The van der Waals surface area contributed by atoms with E-state index in [-0.39, 0.29) is 11.0 Å². The number of pyridine rings is 2. The molecule has 0 saturated heterocycles. The van der Waals surface area contributed by atoms with Crippen LogP contribution in [-0.2, 0) is 17.4 Å². The maximum absolute atomic E-state index is 2.78. The zero-order valence-electron chi connectivity index (χ0n) is 28.7. The lowest BCUT2D eigenvalue weighted by atomic mass is 9.58. The molecule has 234 valence electrons. The van der Waals surface area contributed by atoms with Crippen molar-refractivity contribution in [3.05, 3.63) is 131 Å². The number of nitrogens with zero attached hydrogens (tertiary/aromatic N) is 2. The quantitative estimate of drug-likeness (QED) is 0.148. The van der Waals surface area contributed by atoms with Gasteiger partial charge < -0.3 is 0 Å². The number of benzene rings is 3. The molecule has 5 aromatic rings. The topological polar surface area (TPSA) is 7.76 Å². The van der Waals surface area contributed by atoms with Crippen LogP contribution in [0.2, 0.25) is 0 Å². The molecule has 2 heteroatoms. The van der Waals surface area contributed by atoms with E-state index in [0.717, 1.165) is 32.1 Å². The SMILES string of the molecule is CCCCc1ccc2c(c1)-c1cccc(C)[n+]1C(CC)(CCC1c3cc(-c4ccccc4)ccc3-c3cc(C)cc[n+]31)C2(C)CC. The fourth-order valence-corrected chi connectivity index (χ4v) is 9.15. The van der Waals surface area contributed by atoms with Crippen molar-refractivity contribution in [2.75, 3.05) is 0 Å². The Morgan fingerprint density at radius 3 is 2.30 bits per heavy atom. The van der Waals surface area contributed by atoms with E-state index in [9.17, 15) is 0 Å². The van der Waals surface area contributed by atoms with Crippen molar-refractivity contribution in [2.24, 2.45) is 0 Å². The molecule has 7 rings (SSSR count). The van der Waals surface area contributed by atoms with Crippen LogP contribution in [0.5, 0.6) is 0 Å². The summed E-state index contributed by atoms with van der Waals surface area (Å²) in [5.74, 6) is 0. The third-order valence-corrected chi connectivity index (χ3v) is 11.8. The number of aryl methyl sites for hydroxylation is 3. The van der Waals surface area contributed by atoms with Crippen LogP contribution >= 0.6 is 0 Å². The molecule has 0 saturated carbocycles. The van der Waals surface area contributed by atoms with Crippen molar-refractivity contribution in [2.45, 2.75) is 103 Å². The predicted octanol–water partition coefficient (Wildman–Crippen LogP) is 10.4. The summed E-state index contributed by atoms with van der Waals surface area (Å²) in [6.07, 6.45) is 10.3. The molecule has 0 amide bonds. The number of aromatic nitrogens is 2. The zero-order valence-corrected chi connectivity index (χ0v) is 28.7. The molecule has 2 nitrogen and oxygen atoms in total. The summed E-state index contributed by atoms with van der Waals surface area (Å²) >= 11 is 0. The Balaban J connectivity index is 1.36. The maximum atomic E-state index is 2.78. The highest BCUT2D eigenvalue weighted by Crippen LogP contribution is 2.53. The third-order valence-electron chi connectivity index (χ3n) is 11.8. The van der Waals surface area contributed by atoms with Gasteiger partial charge in [-0.2, -0.15) is 9.13 Å². The first-order chi connectivity index (χ1) is 22.3. The minimum atomic E-state index is -0.0500. The molecule has 3 atom stereocenters. The number of hydrogen-bond donors (Lipinski definition) is 0. The van der Waals surface area contributed by atoms with Crippen LogP contribution in [-0.4, -0.2) is 0 Å². The number of rotatable bonds is 9. The standard InChI is InChI=1S/C44H50N2/c1-7-10-16-33-20-23-39-38(29-33)41-19-14-15-32(5)46(41)44(9-3,43(39,6)8-2)26-24-40-37-30-35(34-17-12-11-13-18-34)21-22-36(37)42-28-31(4)25-27-45(40)42/h11-15,17-23,25,27-30,40H,7-10,16,24,26H2,1-6H3/q+2. The van der Waals surface area contributed by atoms with E-state index >= 15 is 0 Å². The van der Waals surface area contributed by atoms with Crippen LogP contribution in [0.25, 0.3) is 33.6 Å². The third kappa shape index (κ3) is 4.67. The summed E-state index contributed by atoms with van der Waals surface area (Å²) in [6, 6.07) is 37.4. The molecular formula is C44H50N2+2. The second-order valence-electron chi connectivity index (χ2n) is 14.2. The van der Waals surface area contributed by atoms with E-state index in [2.05, 4.69) is 154 Å². The molecule has 0 aliphatic carbocycles. The van der Waals surface area contributed by atoms with E-state index in [1.54, 1.807) is 0 Å². The van der Waals surface area contributed by atoms with E-state index in [0.29, 0.717) is 6.04 Å². The van der Waals surface area contributed by atoms with Crippen LogP contribution in [0, 0.1) is 13.8 Å². The van der Waals surface area contributed by atoms with Gasteiger partial charge in [-0.1, -0.05) is 75.7 Å². The molecular weight excluding hydrogens is 556 g/mol.